The van der Waals surface area contributed by atoms with Gasteiger partial charge in [-0.15, -0.1) is 0 Å². The number of hydrogen-bond donors (Lipinski definition) is 7. The highest BCUT2D eigenvalue weighted by Crippen LogP contribution is 2.26. The van der Waals surface area contributed by atoms with Crippen molar-refractivity contribution in [2.45, 2.75) is 248 Å². The summed E-state index contributed by atoms with van der Waals surface area (Å²) in [5, 5.41) is 71.6. The van der Waals surface area contributed by atoms with Crippen LogP contribution >= 0.6 is 0 Å². The molecule has 15 nitrogen and oxygen atoms in total. The van der Waals surface area contributed by atoms with Crippen molar-refractivity contribution in [3.63, 3.8) is 0 Å². The van der Waals surface area contributed by atoms with Crippen LogP contribution in [0.2, 0.25) is 0 Å². The van der Waals surface area contributed by atoms with E-state index in [0.29, 0.717) is 12.8 Å². The fourth-order valence-electron chi connectivity index (χ4n) is 7.63. The first-order valence-electron chi connectivity index (χ1n) is 23.6. The van der Waals surface area contributed by atoms with Gasteiger partial charge in [-0.25, -0.2) is 0 Å². The molecule has 60 heavy (non-hydrogen) atoms. The molecule has 0 saturated carbocycles. The molecule has 2 saturated heterocycles. The Kier molecular flexibility index (Phi) is 30.9. The van der Waals surface area contributed by atoms with Crippen LogP contribution in [-0.2, 0) is 38.0 Å². The molecule has 7 N–H and O–H groups in total. The summed E-state index contributed by atoms with van der Waals surface area (Å²) in [6, 6.07) is 0. The Bertz CT molecular complexity index is 1070. The van der Waals surface area contributed by atoms with E-state index in [2.05, 4.69) is 6.92 Å². The molecule has 2 aliphatic heterocycles. The third kappa shape index (κ3) is 22.7. The van der Waals surface area contributed by atoms with Crippen LogP contribution in [0.15, 0.2) is 0 Å². The van der Waals surface area contributed by atoms with Gasteiger partial charge in [0.1, 0.15) is 55.4 Å². The maximum Gasteiger partial charge on any atom is 0.306 e. The molecule has 11 atom stereocenters. The molecule has 354 valence electrons. The lowest BCUT2D eigenvalue weighted by Gasteiger charge is -2.42. The standard InChI is InChI=1S/C45H84O15/c1-3-5-7-8-9-10-11-12-13-14-15-16-17-18-19-20-21-22-23-24-26-28-37(48)58-33(30-55-36(47)27-25-6-4-2)31-56-44-43(54)41(52)39(50)35(60-44)32-57-45-42(53)40(51)38(49)34(29-46)59-45/h33-35,38-46,49-54H,3-32H2,1-2H3. The smallest absolute Gasteiger partial charge is 0.306 e. The monoisotopic (exact) mass is 865 g/mol. The second-order valence-electron chi connectivity index (χ2n) is 17.0. The first-order valence-corrected chi connectivity index (χ1v) is 23.6. The van der Waals surface area contributed by atoms with Crippen LogP contribution < -0.4 is 0 Å². The van der Waals surface area contributed by atoms with E-state index in [-0.39, 0.29) is 26.1 Å². The maximum absolute atomic E-state index is 12.9. The molecule has 2 fully saturated rings. The van der Waals surface area contributed by atoms with Crippen LogP contribution in [0.25, 0.3) is 0 Å². The zero-order valence-electron chi connectivity index (χ0n) is 37.0. The van der Waals surface area contributed by atoms with Crippen molar-refractivity contribution in [1.29, 1.82) is 0 Å². The average Bonchev–Trinajstić information content (AvgIpc) is 3.24. The number of esters is 2. The maximum atomic E-state index is 12.9. The van der Waals surface area contributed by atoms with E-state index in [4.69, 9.17) is 28.4 Å². The summed E-state index contributed by atoms with van der Waals surface area (Å²) < 4.78 is 33.2. The number of carbonyl (C=O) groups excluding carboxylic acids is 2. The van der Waals surface area contributed by atoms with Crippen LogP contribution in [0.4, 0.5) is 0 Å². The highest BCUT2D eigenvalue weighted by Gasteiger charge is 2.47. The van der Waals surface area contributed by atoms with Crippen LogP contribution in [0.1, 0.15) is 181 Å². The Morgan fingerprint density at radius 2 is 0.850 bits per heavy atom. The minimum atomic E-state index is -1.76. The van der Waals surface area contributed by atoms with Crippen LogP contribution in [0.5, 0.6) is 0 Å². The molecule has 11 unspecified atom stereocenters. The van der Waals surface area contributed by atoms with Crippen LogP contribution in [0.3, 0.4) is 0 Å². The van der Waals surface area contributed by atoms with E-state index in [1.807, 2.05) is 6.92 Å². The van der Waals surface area contributed by atoms with Gasteiger partial charge in [0.2, 0.25) is 0 Å². The normalized spacial score (nSPS) is 27.5. The molecule has 0 aromatic rings. The second kappa shape index (κ2) is 34.0. The third-order valence-corrected chi connectivity index (χ3v) is 11.6. The Labute approximate surface area is 359 Å². The summed E-state index contributed by atoms with van der Waals surface area (Å²) in [5.74, 6) is -0.943. The molecule has 0 aromatic heterocycles. The van der Waals surface area contributed by atoms with E-state index in [0.717, 1.165) is 32.1 Å². The zero-order valence-corrected chi connectivity index (χ0v) is 37.0. The van der Waals surface area contributed by atoms with Gasteiger partial charge in [0.05, 0.1) is 19.8 Å². The molecule has 0 bridgehead atoms. The van der Waals surface area contributed by atoms with Gasteiger partial charge in [-0.2, -0.15) is 0 Å². The van der Waals surface area contributed by atoms with Gasteiger partial charge in [-0.3, -0.25) is 9.59 Å². The minimum absolute atomic E-state index is 0.171. The first-order chi connectivity index (χ1) is 29.0. The summed E-state index contributed by atoms with van der Waals surface area (Å²) in [5.41, 5.74) is 0. The largest absolute Gasteiger partial charge is 0.462 e. The van der Waals surface area contributed by atoms with Crippen molar-refractivity contribution in [3.05, 3.63) is 0 Å². The summed E-state index contributed by atoms with van der Waals surface area (Å²) in [6.45, 7) is 2.41. The molecular weight excluding hydrogens is 780 g/mol. The molecule has 0 aliphatic carbocycles. The summed E-state index contributed by atoms with van der Waals surface area (Å²) in [7, 11) is 0. The van der Waals surface area contributed by atoms with E-state index in [1.54, 1.807) is 0 Å². The number of hydrogen-bond acceptors (Lipinski definition) is 15. The van der Waals surface area contributed by atoms with Crippen molar-refractivity contribution in [1.82, 2.24) is 0 Å². The predicted molar refractivity (Wildman–Crippen MR) is 225 cm³/mol. The lowest BCUT2D eigenvalue weighted by molar-refractivity contribution is -0.332. The third-order valence-electron chi connectivity index (χ3n) is 11.6. The highest BCUT2D eigenvalue weighted by molar-refractivity contribution is 5.70. The molecule has 0 amide bonds. The summed E-state index contributed by atoms with van der Waals surface area (Å²) in [6.07, 6.45) is 12.6. The Morgan fingerprint density at radius 1 is 0.467 bits per heavy atom. The fourth-order valence-corrected chi connectivity index (χ4v) is 7.63. The number of ether oxygens (including phenoxy) is 6. The van der Waals surface area contributed by atoms with Crippen molar-refractivity contribution >= 4 is 11.9 Å². The quantitative estimate of drug-likeness (QED) is 0.0315. The molecule has 2 heterocycles. The van der Waals surface area contributed by atoms with Crippen molar-refractivity contribution < 1.29 is 73.8 Å². The molecule has 2 aliphatic rings. The molecule has 0 radical (unpaired) electrons. The highest BCUT2D eigenvalue weighted by atomic mass is 16.7. The molecular formula is C45H84O15. The van der Waals surface area contributed by atoms with Crippen molar-refractivity contribution in [2.75, 3.05) is 26.4 Å². The number of unbranched alkanes of at least 4 members (excludes halogenated alkanes) is 22. The van der Waals surface area contributed by atoms with Gasteiger partial charge >= 0.3 is 11.9 Å². The van der Waals surface area contributed by atoms with Gasteiger partial charge < -0.3 is 64.2 Å². The minimum Gasteiger partial charge on any atom is -0.462 e. The average molecular weight is 865 g/mol. The Hall–Kier alpha value is -1.50. The van der Waals surface area contributed by atoms with Gasteiger partial charge in [-0.1, -0.05) is 155 Å². The Balaban J connectivity index is 1.68. The molecule has 0 aromatic carbocycles. The van der Waals surface area contributed by atoms with Gasteiger partial charge in [-0.05, 0) is 12.8 Å². The van der Waals surface area contributed by atoms with E-state index in [9.17, 15) is 45.3 Å². The van der Waals surface area contributed by atoms with Crippen molar-refractivity contribution in [3.8, 4) is 0 Å². The topological polar surface area (TPSA) is 231 Å². The lowest BCUT2D eigenvalue weighted by Crippen LogP contribution is -2.61. The van der Waals surface area contributed by atoms with E-state index in [1.165, 1.54) is 109 Å². The van der Waals surface area contributed by atoms with E-state index < -0.39 is 92.7 Å². The molecule has 2 rings (SSSR count). The van der Waals surface area contributed by atoms with E-state index >= 15 is 0 Å². The number of carbonyl (C=O) groups is 2. The zero-order chi connectivity index (χ0) is 44.0. The fraction of sp³-hybridized carbons (Fsp3) is 0.956. The number of aliphatic hydroxyl groups is 7. The van der Waals surface area contributed by atoms with Gasteiger partial charge in [0, 0.05) is 12.8 Å². The number of rotatable bonds is 36. The lowest BCUT2D eigenvalue weighted by atomic mass is 9.98. The number of aliphatic hydroxyl groups excluding tert-OH is 7. The predicted octanol–water partition coefficient (Wildman–Crippen LogP) is 5.26. The Morgan fingerprint density at radius 3 is 1.33 bits per heavy atom. The van der Waals surface area contributed by atoms with Crippen molar-refractivity contribution in [2.24, 2.45) is 0 Å². The van der Waals surface area contributed by atoms with Crippen LogP contribution in [-0.4, -0.2) is 142 Å². The SMILES string of the molecule is CCCCCCCCCCCCCCCCCCCCCCCC(=O)OC(COC(=O)CCCCC)COC1OC(COC2OC(CO)C(O)C(O)C2O)C(O)C(O)C1O. The molecule has 15 heteroatoms. The summed E-state index contributed by atoms with van der Waals surface area (Å²) in [4.78, 5) is 25.2. The van der Waals surface area contributed by atoms with Gasteiger partial charge in [0.25, 0.3) is 0 Å². The summed E-state index contributed by atoms with van der Waals surface area (Å²) >= 11 is 0. The first kappa shape index (κ1) is 54.6. The van der Waals surface area contributed by atoms with Gasteiger partial charge in [0.15, 0.2) is 18.7 Å². The van der Waals surface area contributed by atoms with Crippen LogP contribution in [0, 0.1) is 0 Å². The molecule has 0 spiro atoms. The second-order valence-corrected chi connectivity index (χ2v) is 17.0.